The molecule has 39 heavy (non-hydrogen) atoms. The first-order valence-electron chi connectivity index (χ1n) is 12.2. The summed E-state index contributed by atoms with van der Waals surface area (Å²) < 4.78 is 50.7. The number of carbonyl (C=O) groups is 1. The van der Waals surface area contributed by atoms with Crippen LogP contribution in [0.1, 0.15) is 32.0 Å². The number of alkyl halides is 3. The molecule has 2 N–H and O–H groups in total. The van der Waals surface area contributed by atoms with Crippen molar-refractivity contribution in [3.05, 3.63) is 86.3 Å². The number of hydrogen-bond donors (Lipinski definition) is 2. The molecule has 0 aliphatic heterocycles. The predicted octanol–water partition coefficient (Wildman–Crippen LogP) is 4.97. The largest absolute Gasteiger partial charge is 0.485 e. The molecule has 4 aromatic rings. The van der Waals surface area contributed by atoms with Crippen LogP contribution in [0.15, 0.2) is 64.2 Å². The number of aromatic nitrogens is 1. The van der Waals surface area contributed by atoms with Gasteiger partial charge in [-0.15, -0.1) is 0 Å². The lowest BCUT2D eigenvalue weighted by atomic mass is 10.0. The molecular formula is C28H26F3N3O5. The van der Waals surface area contributed by atoms with Gasteiger partial charge in [-0.25, -0.2) is 9.78 Å². The molecule has 8 nitrogen and oxygen atoms in total. The van der Waals surface area contributed by atoms with Crippen molar-refractivity contribution in [3.63, 3.8) is 0 Å². The first-order chi connectivity index (χ1) is 18.5. The van der Waals surface area contributed by atoms with Gasteiger partial charge in [0.1, 0.15) is 23.2 Å². The second kappa shape index (κ2) is 11.1. The number of anilines is 3. The van der Waals surface area contributed by atoms with Crippen molar-refractivity contribution in [2.24, 2.45) is 0 Å². The lowest BCUT2D eigenvalue weighted by Gasteiger charge is -2.22. The lowest BCUT2D eigenvalue weighted by Crippen LogP contribution is -2.42. The third-order valence-corrected chi connectivity index (χ3v) is 5.80. The van der Waals surface area contributed by atoms with E-state index < -0.39 is 34.7 Å². The van der Waals surface area contributed by atoms with E-state index in [0.29, 0.717) is 22.0 Å². The Hall–Kier alpha value is -4.41. The zero-order chi connectivity index (χ0) is 28.3. The van der Waals surface area contributed by atoms with Crippen molar-refractivity contribution >= 4 is 33.9 Å². The SMILES string of the molecule is CCOC(=O)C(Cc1ccc(Nc2nc(C(F)(F)F)cc3ccccc23)cc1)Nc1c(OC(C)C)c(=O)c1=O. The van der Waals surface area contributed by atoms with Gasteiger partial charge in [0.2, 0.25) is 0 Å². The Labute approximate surface area is 221 Å². The summed E-state index contributed by atoms with van der Waals surface area (Å²) in [6, 6.07) is 13.3. The minimum Gasteiger partial charge on any atom is -0.485 e. The second-order valence-electron chi connectivity index (χ2n) is 9.08. The van der Waals surface area contributed by atoms with Crippen LogP contribution in [0.4, 0.5) is 30.4 Å². The van der Waals surface area contributed by atoms with Crippen molar-refractivity contribution in [2.75, 3.05) is 17.2 Å². The number of esters is 1. The van der Waals surface area contributed by atoms with E-state index in [4.69, 9.17) is 9.47 Å². The van der Waals surface area contributed by atoms with Gasteiger partial charge < -0.3 is 20.1 Å². The van der Waals surface area contributed by atoms with E-state index in [1.807, 2.05) is 0 Å². The number of nitrogens with zero attached hydrogens (tertiary/aromatic N) is 1. The summed E-state index contributed by atoms with van der Waals surface area (Å²) in [4.78, 5) is 40.5. The Bertz CT molecular complexity index is 1560. The van der Waals surface area contributed by atoms with Crippen molar-refractivity contribution in [1.29, 1.82) is 0 Å². The zero-order valence-corrected chi connectivity index (χ0v) is 21.4. The van der Waals surface area contributed by atoms with Gasteiger partial charge in [-0.3, -0.25) is 9.59 Å². The van der Waals surface area contributed by atoms with Crippen molar-refractivity contribution in [1.82, 2.24) is 4.98 Å². The van der Waals surface area contributed by atoms with E-state index in [1.54, 1.807) is 69.3 Å². The van der Waals surface area contributed by atoms with Gasteiger partial charge in [-0.1, -0.05) is 36.4 Å². The monoisotopic (exact) mass is 541 g/mol. The van der Waals surface area contributed by atoms with Gasteiger partial charge in [0.15, 0.2) is 5.75 Å². The topological polar surface area (TPSA) is 107 Å². The van der Waals surface area contributed by atoms with Crippen LogP contribution in [0.2, 0.25) is 0 Å². The quantitative estimate of drug-likeness (QED) is 0.214. The molecule has 0 amide bonds. The highest BCUT2D eigenvalue weighted by molar-refractivity contribution is 5.93. The fourth-order valence-corrected chi connectivity index (χ4v) is 4.00. The Morgan fingerprint density at radius 2 is 1.72 bits per heavy atom. The third kappa shape index (κ3) is 6.19. The fraction of sp³-hybridized carbons (Fsp3) is 0.286. The molecule has 0 fully saturated rings. The van der Waals surface area contributed by atoms with Crippen LogP contribution in [0.5, 0.6) is 5.75 Å². The molecule has 0 bridgehead atoms. The summed E-state index contributed by atoms with van der Waals surface area (Å²) >= 11 is 0. The fourth-order valence-electron chi connectivity index (χ4n) is 4.00. The standard InChI is InChI=1S/C28H26F3N3O5/c1-4-38-27(37)20(33-22-23(35)24(36)25(22)39-15(2)3)13-16-9-11-18(12-10-16)32-26-19-8-6-5-7-17(19)14-21(34-26)28(29,30)31/h5-12,14-15,20,33H,4,13H2,1-3H3,(H,32,34). The molecule has 1 atom stereocenters. The highest BCUT2D eigenvalue weighted by Crippen LogP contribution is 2.33. The second-order valence-corrected chi connectivity index (χ2v) is 9.08. The van der Waals surface area contributed by atoms with E-state index in [2.05, 4.69) is 15.6 Å². The smallest absolute Gasteiger partial charge is 0.433 e. The van der Waals surface area contributed by atoms with Crippen molar-refractivity contribution in [3.8, 4) is 5.75 Å². The Morgan fingerprint density at radius 3 is 2.36 bits per heavy atom. The maximum Gasteiger partial charge on any atom is 0.433 e. The van der Waals surface area contributed by atoms with Gasteiger partial charge >= 0.3 is 12.1 Å². The average Bonchev–Trinajstić information content (AvgIpc) is 2.90. The van der Waals surface area contributed by atoms with Crippen LogP contribution in [-0.2, 0) is 22.1 Å². The minimum atomic E-state index is -4.61. The van der Waals surface area contributed by atoms with Gasteiger partial charge in [0, 0.05) is 17.5 Å². The van der Waals surface area contributed by atoms with Gasteiger partial charge in [0.25, 0.3) is 10.9 Å². The first-order valence-corrected chi connectivity index (χ1v) is 12.2. The highest BCUT2D eigenvalue weighted by Gasteiger charge is 2.33. The van der Waals surface area contributed by atoms with E-state index in [0.717, 1.165) is 6.07 Å². The molecule has 1 unspecified atom stereocenters. The number of halogens is 3. The number of nitrogens with one attached hydrogen (secondary N) is 2. The Kier molecular flexibility index (Phi) is 7.89. The summed E-state index contributed by atoms with van der Waals surface area (Å²) in [5.74, 6) is -0.690. The van der Waals surface area contributed by atoms with E-state index in [-0.39, 0.29) is 36.4 Å². The minimum absolute atomic E-state index is 0.0528. The molecule has 4 rings (SSSR count). The molecule has 204 valence electrons. The van der Waals surface area contributed by atoms with Crippen LogP contribution in [-0.4, -0.2) is 29.7 Å². The number of hydrogen-bond acceptors (Lipinski definition) is 8. The lowest BCUT2D eigenvalue weighted by molar-refractivity contribution is -0.144. The number of carbonyl (C=O) groups excluding carboxylic acids is 1. The molecule has 0 radical (unpaired) electrons. The van der Waals surface area contributed by atoms with E-state index in [1.165, 1.54) is 0 Å². The summed E-state index contributed by atoms with van der Waals surface area (Å²) in [7, 11) is 0. The van der Waals surface area contributed by atoms with Gasteiger partial charge in [-0.2, -0.15) is 13.2 Å². The van der Waals surface area contributed by atoms with E-state index >= 15 is 0 Å². The number of ether oxygens (including phenoxy) is 2. The van der Waals surface area contributed by atoms with Crippen LogP contribution in [0.25, 0.3) is 10.8 Å². The van der Waals surface area contributed by atoms with Crippen LogP contribution in [0, 0.1) is 0 Å². The normalized spacial score (nSPS) is 12.5. The van der Waals surface area contributed by atoms with Crippen molar-refractivity contribution < 1.29 is 27.4 Å². The van der Waals surface area contributed by atoms with Crippen LogP contribution in [0.3, 0.4) is 0 Å². The Morgan fingerprint density at radius 1 is 1.03 bits per heavy atom. The number of fused-ring (bicyclic) bond motifs is 1. The molecule has 0 saturated heterocycles. The first kappa shape index (κ1) is 27.6. The molecule has 11 heteroatoms. The van der Waals surface area contributed by atoms with Crippen LogP contribution < -0.4 is 26.2 Å². The third-order valence-electron chi connectivity index (χ3n) is 5.80. The molecule has 3 aromatic carbocycles. The number of benzene rings is 2. The van der Waals surface area contributed by atoms with Gasteiger partial charge in [-0.05, 0) is 49.9 Å². The molecular weight excluding hydrogens is 515 g/mol. The summed E-state index contributed by atoms with van der Waals surface area (Å²) in [6.07, 6.45) is -4.86. The highest BCUT2D eigenvalue weighted by atomic mass is 19.4. The molecule has 0 saturated carbocycles. The predicted molar refractivity (Wildman–Crippen MR) is 141 cm³/mol. The molecule has 1 heterocycles. The summed E-state index contributed by atoms with van der Waals surface area (Å²) in [5.41, 5.74) is -1.49. The maximum atomic E-state index is 13.4. The van der Waals surface area contributed by atoms with Gasteiger partial charge in [0.05, 0.1) is 12.7 Å². The zero-order valence-electron chi connectivity index (χ0n) is 21.4. The summed E-state index contributed by atoms with van der Waals surface area (Å²) in [5, 5.41) is 6.65. The van der Waals surface area contributed by atoms with Crippen molar-refractivity contribution in [2.45, 2.75) is 45.5 Å². The molecule has 0 aliphatic rings. The van der Waals surface area contributed by atoms with E-state index in [9.17, 15) is 27.6 Å². The number of rotatable bonds is 10. The average molecular weight is 542 g/mol. The number of pyridine rings is 1. The molecule has 0 spiro atoms. The maximum absolute atomic E-state index is 13.4. The molecule has 1 aromatic heterocycles. The summed E-state index contributed by atoms with van der Waals surface area (Å²) in [6.45, 7) is 5.16. The molecule has 0 aliphatic carbocycles. The van der Waals surface area contributed by atoms with Crippen LogP contribution >= 0.6 is 0 Å². The Balaban J connectivity index is 1.56.